The van der Waals surface area contributed by atoms with Crippen molar-refractivity contribution in [2.75, 3.05) is 20.2 Å². The molecule has 29 heavy (non-hydrogen) atoms. The van der Waals surface area contributed by atoms with Crippen LogP contribution in [0.4, 0.5) is 0 Å². The highest BCUT2D eigenvalue weighted by atomic mass is 16.5. The van der Waals surface area contributed by atoms with Gasteiger partial charge in [-0.15, -0.1) is 0 Å². The van der Waals surface area contributed by atoms with Crippen molar-refractivity contribution in [3.8, 4) is 17.1 Å². The Bertz CT molecular complexity index is 1060. The lowest BCUT2D eigenvalue weighted by molar-refractivity contribution is 0.325. The Morgan fingerprint density at radius 2 is 1.97 bits per heavy atom. The van der Waals surface area contributed by atoms with E-state index >= 15 is 0 Å². The van der Waals surface area contributed by atoms with Gasteiger partial charge in [0, 0.05) is 43.0 Å². The minimum Gasteiger partial charge on any atom is -0.496 e. The fraction of sp³-hybridized carbons (Fsp3) is 0.348. The largest absolute Gasteiger partial charge is 0.496 e. The topological polar surface area (TPSA) is 71.1 Å². The van der Waals surface area contributed by atoms with Crippen LogP contribution in [0.25, 0.3) is 11.4 Å². The molecule has 1 unspecified atom stereocenters. The van der Waals surface area contributed by atoms with Gasteiger partial charge in [-0.05, 0) is 61.7 Å². The Morgan fingerprint density at radius 1 is 1.17 bits per heavy atom. The van der Waals surface area contributed by atoms with Gasteiger partial charge in [0.15, 0.2) is 0 Å². The molecule has 0 saturated carbocycles. The van der Waals surface area contributed by atoms with Crippen molar-refractivity contribution in [2.45, 2.75) is 32.7 Å². The SMILES string of the molecule is COc1cc(C)c(CN2CCC(c3cc(=O)[nH]c(-c4ccncc4)n3)C2)cc1C. The highest BCUT2D eigenvalue weighted by Gasteiger charge is 2.26. The van der Waals surface area contributed by atoms with Crippen LogP contribution in [0.1, 0.15) is 34.7 Å². The summed E-state index contributed by atoms with van der Waals surface area (Å²) in [4.78, 5) is 26.3. The second-order valence-electron chi connectivity index (χ2n) is 7.72. The molecule has 3 heterocycles. The monoisotopic (exact) mass is 390 g/mol. The van der Waals surface area contributed by atoms with Crippen molar-refractivity contribution in [3.63, 3.8) is 0 Å². The number of pyridine rings is 1. The molecule has 1 saturated heterocycles. The van der Waals surface area contributed by atoms with E-state index in [0.29, 0.717) is 5.82 Å². The summed E-state index contributed by atoms with van der Waals surface area (Å²) in [5, 5.41) is 0. The summed E-state index contributed by atoms with van der Waals surface area (Å²) in [5.41, 5.74) is 5.35. The molecule has 0 bridgehead atoms. The van der Waals surface area contributed by atoms with Crippen LogP contribution in [-0.2, 0) is 6.54 Å². The number of nitrogens with zero attached hydrogens (tertiary/aromatic N) is 3. The molecule has 3 aromatic rings. The third-order valence-corrected chi connectivity index (χ3v) is 5.65. The Labute approximate surface area is 170 Å². The summed E-state index contributed by atoms with van der Waals surface area (Å²) in [6.07, 6.45) is 4.41. The Hall–Kier alpha value is -2.99. The molecule has 1 aromatic carbocycles. The van der Waals surface area contributed by atoms with E-state index in [-0.39, 0.29) is 11.5 Å². The molecule has 1 aliphatic heterocycles. The predicted molar refractivity (Wildman–Crippen MR) is 113 cm³/mol. The lowest BCUT2D eigenvalue weighted by atomic mass is 10.0. The maximum absolute atomic E-state index is 12.2. The highest BCUT2D eigenvalue weighted by Crippen LogP contribution is 2.29. The summed E-state index contributed by atoms with van der Waals surface area (Å²) in [7, 11) is 1.71. The van der Waals surface area contributed by atoms with Crippen LogP contribution in [0.3, 0.4) is 0 Å². The van der Waals surface area contributed by atoms with Gasteiger partial charge in [0.1, 0.15) is 11.6 Å². The van der Waals surface area contributed by atoms with Gasteiger partial charge < -0.3 is 9.72 Å². The molecule has 0 aliphatic carbocycles. The van der Waals surface area contributed by atoms with Crippen molar-refractivity contribution < 1.29 is 4.74 Å². The maximum Gasteiger partial charge on any atom is 0.251 e. The zero-order valence-electron chi connectivity index (χ0n) is 17.1. The number of methoxy groups -OCH3 is 1. The van der Waals surface area contributed by atoms with Crippen LogP contribution in [-0.4, -0.2) is 40.1 Å². The number of hydrogen-bond acceptors (Lipinski definition) is 5. The van der Waals surface area contributed by atoms with Crippen molar-refractivity contribution in [2.24, 2.45) is 0 Å². The first kappa shape index (κ1) is 19.3. The molecule has 6 nitrogen and oxygen atoms in total. The van der Waals surface area contributed by atoms with Crippen LogP contribution in [0.2, 0.25) is 0 Å². The third-order valence-electron chi connectivity index (χ3n) is 5.65. The minimum absolute atomic E-state index is 0.109. The van der Waals surface area contributed by atoms with E-state index in [0.717, 1.165) is 48.6 Å². The third kappa shape index (κ3) is 4.22. The highest BCUT2D eigenvalue weighted by molar-refractivity contribution is 5.53. The fourth-order valence-corrected chi connectivity index (χ4v) is 4.03. The maximum atomic E-state index is 12.2. The van der Waals surface area contributed by atoms with E-state index < -0.39 is 0 Å². The molecule has 2 aromatic heterocycles. The first-order chi connectivity index (χ1) is 14.0. The van der Waals surface area contributed by atoms with Crippen molar-refractivity contribution in [3.05, 3.63) is 75.5 Å². The summed E-state index contributed by atoms with van der Waals surface area (Å²) >= 11 is 0. The van der Waals surface area contributed by atoms with Gasteiger partial charge in [-0.25, -0.2) is 4.98 Å². The van der Waals surface area contributed by atoms with E-state index in [1.165, 1.54) is 11.1 Å². The zero-order chi connectivity index (χ0) is 20.4. The molecule has 150 valence electrons. The van der Waals surface area contributed by atoms with Gasteiger partial charge in [-0.3, -0.25) is 14.7 Å². The van der Waals surface area contributed by atoms with Crippen LogP contribution >= 0.6 is 0 Å². The molecule has 1 fully saturated rings. The van der Waals surface area contributed by atoms with Crippen LogP contribution in [0, 0.1) is 13.8 Å². The van der Waals surface area contributed by atoms with Gasteiger partial charge in [-0.2, -0.15) is 0 Å². The van der Waals surface area contributed by atoms with Gasteiger partial charge in [0.25, 0.3) is 5.56 Å². The number of aromatic amines is 1. The molecule has 1 aliphatic rings. The zero-order valence-corrected chi connectivity index (χ0v) is 17.1. The number of ether oxygens (including phenoxy) is 1. The minimum atomic E-state index is -0.109. The standard InChI is InChI=1S/C23H26N4O2/c1-15-11-21(29-3)16(2)10-19(15)14-27-9-6-18(13-27)20-12-22(28)26-23(25-20)17-4-7-24-8-5-17/h4-5,7-8,10-12,18H,6,9,13-14H2,1-3H3,(H,25,26,28). The normalized spacial score (nSPS) is 16.9. The van der Waals surface area contributed by atoms with E-state index in [4.69, 9.17) is 9.72 Å². The first-order valence-electron chi connectivity index (χ1n) is 9.91. The lowest BCUT2D eigenvalue weighted by Crippen LogP contribution is -2.21. The Kier molecular flexibility index (Phi) is 5.45. The number of nitrogens with one attached hydrogen (secondary N) is 1. The van der Waals surface area contributed by atoms with E-state index in [1.54, 1.807) is 25.6 Å². The van der Waals surface area contributed by atoms with Crippen molar-refractivity contribution >= 4 is 0 Å². The van der Waals surface area contributed by atoms with Gasteiger partial charge in [0.05, 0.1) is 12.8 Å². The average molecular weight is 390 g/mol. The average Bonchev–Trinajstić information content (AvgIpc) is 3.19. The quantitative estimate of drug-likeness (QED) is 0.723. The number of hydrogen-bond donors (Lipinski definition) is 1. The van der Waals surface area contributed by atoms with E-state index in [9.17, 15) is 4.79 Å². The molecular weight excluding hydrogens is 364 g/mol. The molecule has 6 heteroatoms. The second-order valence-corrected chi connectivity index (χ2v) is 7.72. The fourth-order valence-electron chi connectivity index (χ4n) is 4.03. The van der Waals surface area contributed by atoms with Crippen LogP contribution < -0.4 is 10.3 Å². The van der Waals surface area contributed by atoms with Crippen LogP contribution in [0.15, 0.2) is 47.5 Å². The number of benzene rings is 1. The number of H-pyrrole nitrogens is 1. The molecule has 1 N–H and O–H groups in total. The summed E-state index contributed by atoms with van der Waals surface area (Å²) < 4.78 is 5.43. The van der Waals surface area contributed by atoms with E-state index in [2.05, 4.69) is 40.8 Å². The smallest absolute Gasteiger partial charge is 0.251 e. The van der Waals surface area contributed by atoms with Crippen LogP contribution in [0.5, 0.6) is 5.75 Å². The molecular formula is C23H26N4O2. The Balaban J connectivity index is 1.51. The van der Waals surface area contributed by atoms with Crippen molar-refractivity contribution in [1.29, 1.82) is 0 Å². The molecule has 0 amide bonds. The molecule has 0 spiro atoms. The lowest BCUT2D eigenvalue weighted by Gasteiger charge is -2.19. The number of likely N-dealkylation sites (tertiary alicyclic amines) is 1. The summed E-state index contributed by atoms with van der Waals surface area (Å²) in [5.74, 6) is 1.80. The second kappa shape index (κ2) is 8.17. The van der Waals surface area contributed by atoms with Gasteiger partial charge >= 0.3 is 0 Å². The number of rotatable bonds is 5. The van der Waals surface area contributed by atoms with Gasteiger partial charge in [-0.1, -0.05) is 6.07 Å². The van der Waals surface area contributed by atoms with E-state index in [1.807, 2.05) is 12.1 Å². The number of aromatic nitrogens is 3. The van der Waals surface area contributed by atoms with Crippen molar-refractivity contribution in [1.82, 2.24) is 19.9 Å². The predicted octanol–water partition coefficient (Wildman–Crippen LogP) is 3.45. The summed E-state index contributed by atoms with van der Waals surface area (Å²) in [6.45, 7) is 7.00. The number of aryl methyl sites for hydroxylation is 2. The molecule has 1 atom stereocenters. The molecule has 4 rings (SSSR count). The first-order valence-corrected chi connectivity index (χ1v) is 9.91. The van der Waals surface area contributed by atoms with Gasteiger partial charge in [0.2, 0.25) is 0 Å². The summed E-state index contributed by atoms with van der Waals surface area (Å²) in [6, 6.07) is 9.68. The molecule has 0 radical (unpaired) electrons. The Morgan fingerprint density at radius 3 is 2.72 bits per heavy atom.